The fourth-order valence-corrected chi connectivity index (χ4v) is 3.01. The molecule has 2 aromatic rings. The molecule has 1 aliphatic rings. The van der Waals surface area contributed by atoms with Crippen LogP contribution in [-0.4, -0.2) is 53.6 Å². The number of hydrogen-bond acceptors (Lipinski definition) is 8. The van der Waals surface area contributed by atoms with Gasteiger partial charge in [-0.25, -0.2) is 4.39 Å². The maximum Gasteiger partial charge on any atom is 0.430 e. The highest BCUT2D eigenvalue weighted by molar-refractivity contribution is 5.96. The largest absolute Gasteiger partial charge is 0.542 e. The third-order valence-electron chi connectivity index (χ3n) is 4.58. The molecule has 0 saturated carbocycles. The minimum atomic E-state index is -5.19. The van der Waals surface area contributed by atoms with Gasteiger partial charge in [0.05, 0.1) is 24.3 Å². The molecule has 1 aliphatic heterocycles. The average Bonchev–Trinajstić information content (AvgIpc) is 2.78. The van der Waals surface area contributed by atoms with Crippen molar-refractivity contribution in [3.8, 4) is 6.07 Å². The maximum absolute atomic E-state index is 13.8. The highest BCUT2D eigenvalue weighted by atomic mass is 19.4. The number of rotatable bonds is 5. The Morgan fingerprint density at radius 3 is 2.59 bits per heavy atom. The molecule has 13 heteroatoms. The summed E-state index contributed by atoms with van der Waals surface area (Å²) in [6.07, 6.45) is -3.82. The SMILES string of the molecule is Cc1cc(C#N)cnc1C(=O)Cc1cccc(C2(CF)COCC(N)=[NH+]2)n1.O=C([O-])C(F)(F)F. The summed E-state index contributed by atoms with van der Waals surface area (Å²) in [5.41, 5.74) is 6.81. The first-order chi connectivity index (χ1) is 15.9. The van der Waals surface area contributed by atoms with Gasteiger partial charge in [0.2, 0.25) is 0 Å². The Hall–Kier alpha value is -3.92. The monoisotopic (exact) mass is 481 g/mol. The molecular weight excluding hydrogens is 462 g/mol. The highest BCUT2D eigenvalue weighted by Gasteiger charge is 2.40. The molecule has 0 spiro atoms. The predicted octanol–water partition coefficient (Wildman–Crippen LogP) is -0.986. The third-order valence-corrected chi connectivity index (χ3v) is 4.58. The fourth-order valence-electron chi connectivity index (χ4n) is 3.01. The molecule has 3 rings (SSSR count). The summed E-state index contributed by atoms with van der Waals surface area (Å²) >= 11 is 0. The van der Waals surface area contributed by atoms with Gasteiger partial charge < -0.3 is 14.6 Å². The molecule has 34 heavy (non-hydrogen) atoms. The first-order valence-corrected chi connectivity index (χ1v) is 9.59. The Morgan fingerprint density at radius 2 is 2.06 bits per heavy atom. The van der Waals surface area contributed by atoms with Crippen LogP contribution in [0.2, 0.25) is 0 Å². The number of hydrogen-bond donors (Lipinski definition) is 2. The number of nitrogens with one attached hydrogen (secondary N) is 1. The molecule has 0 radical (unpaired) electrons. The number of nitriles is 1. The summed E-state index contributed by atoms with van der Waals surface area (Å²) in [5, 5.41) is 17.7. The van der Waals surface area contributed by atoms with E-state index in [-0.39, 0.29) is 31.1 Å². The number of Topliss-reactive ketones (excluding diaryl/α,β-unsaturated/α-hetero) is 1. The number of ether oxygens (including phenoxy) is 1. The molecule has 3 heterocycles. The minimum absolute atomic E-state index is 0.00992. The molecule has 0 aromatic carbocycles. The molecule has 3 N–H and O–H groups in total. The van der Waals surface area contributed by atoms with E-state index in [9.17, 15) is 22.4 Å². The number of aryl methyl sites for hydroxylation is 1. The summed E-state index contributed by atoms with van der Waals surface area (Å²) in [7, 11) is 0. The number of pyridine rings is 2. The van der Waals surface area contributed by atoms with E-state index in [1.165, 1.54) is 6.20 Å². The molecule has 1 atom stereocenters. The van der Waals surface area contributed by atoms with Gasteiger partial charge in [-0.05, 0) is 30.7 Å². The number of nitrogens with zero attached hydrogens (tertiary/aromatic N) is 3. The van der Waals surface area contributed by atoms with Gasteiger partial charge in [-0.2, -0.15) is 18.4 Å². The van der Waals surface area contributed by atoms with Crippen molar-refractivity contribution in [3.63, 3.8) is 0 Å². The van der Waals surface area contributed by atoms with Crippen LogP contribution in [0.15, 0.2) is 30.5 Å². The van der Waals surface area contributed by atoms with E-state index < -0.39 is 24.4 Å². The van der Waals surface area contributed by atoms with E-state index in [2.05, 4.69) is 15.0 Å². The van der Waals surface area contributed by atoms with Crippen LogP contribution in [0.1, 0.15) is 33.0 Å². The molecule has 0 saturated heterocycles. The third kappa shape index (κ3) is 6.55. The average molecular weight is 481 g/mol. The second kappa shape index (κ2) is 10.8. The number of carboxylic acids is 1. The molecule has 1 unspecified atom stereocenters. The zero-order valence-electron chi connectivity index (χ0n) is 17.8. The van der Waals surface area contributed by atoms with Crippen LogP contribution in [-0.2, 0) is 21.5 Å². The second-order valence-corrected chi connectivity index (χ2v) is 7.26. The van der Waals surface area contributed by atoms with Crippen LogP contribution in [0.4, 0.5) is 17.6 Å². The van der Waals surface area contributed by atoms with Crippen molar-refractivity contribution in [1.82, 2.24) is 9.97 Å². The quantitative estimate of drug-likeness (QED) is 0.408. The van der Waals surface area contributed by atoms with Crippen LogP contribution >= 0.6 is 0 Å². The lowest BCUT2D eigenvalue weighted by atomic mass is 9.96. The Kier molecular flexibility index (Phi) is 8.36. The first-order valence-electron chi connectivity index (χ1n) is 9.59. The van der Waals surface area contributed by atoms with Crippen LogP contribution in [0, 0.1) is 18.3 Å². The van der Waals surface area contributed by atoms with Gasteiger partial charge in [0, 0.05) is 11.9 Å². The Balaban J connectivity index is 0.000000509. The Morgan fingerprint density at radius 1 is 1.38 bits per heavy atom. The molecule has 9 nitrogen and oxygen atoms in total. The molecule has 0 fully saturated rings. The molecule has 180 valence electrons. The van der Waals surface area contributed by atoms with Crippen LogP contribution in [0.25, 0.3) is 0 Å². The lowest BCUT2D eigenvalue weighted by Crippen LogP contribution is -2.92. The predicted molar refractivity (Wildman–Crippen MR) is 106 cm³/mol. The summed E-state index contributed by atoms with van der Waals surface area (Å²) in [4.78, 5) is 32.9. The number of aromatic nitrogens is 2. The van der Waals surface area contributed by atoms with E-state index in [1.807, 2.05) is 6.07 Å². The summed E-state index contributed by atoms with van der Waals surface area (Å²) < 4.78 is 50.7. The number of aliphatic carboxylic acids is 1. The summed E-state index contributed by atoms with van der Waals surface area (Å²) in [6.45, 7) is 1.27. The topological polar surface area (TPSA) is 156 Å². The van der Waals surface area contributed by atoms with Gasteiger partial charge in [-0.1, -0.05) is 6.07 Å². The van der Waals surface area contributed by atoms with Crippen LogP contribution in [0.5, 0.6) is 0 Å². The smallest absolute Gasteiger partial charge is 0.430 e. The van der Waals surface area contributed by atoms with Gasteiger partial charge in [0.15, 0.2) is 11.3 Å². The summed E-state index contributed by atoms with van der Waals surface area (Å²) in [5.74, 6) is -2.90. The maximum atomic E-state index is 13.8. The van der Waals surface area contributed by atoms with Crippen molar-refractivity contribution in [2.24, 2.45) is 5.73 Å². The van der Waals surface area contributed by atoms with Crippen molar-refractivity contribution in [2.45, 2.75) is 25.1 Å². The number of carbonyl (C=O) groups is 2. The Labute approximate surface area is 190 Å². The number of carbonyl (C=O) groups excluding carboxylic acids is 2. The lowest BCUT2D eigenvalue weighted by Gasteiger charge is -2.27. The molecule has 2 aromatic heterocycles. The molecule has 0 bridgehead atoms. The van der Waals surface area contributed by atoms with E-state index in [1.54, 1.807) is 31.2 Å². The fraction of sp³-hybridized carbons (Fsp3) is 0.333. The van der Waals surface area contributed by atoms with Gasteiger partial charge in [-0.15, -0.1) is 0 Å². The number of amidine groups is 1. The zero-order valence-corrected chi connectivity index (χ0v) is 17.8. The van der Waals surface area contributed by atoms with E-state index in [0.717, 1.165) is 0 Å². The van der Waals surface area contributed by atoms with Gasteiger partial charge >= 0.3 is 6.18 Å². The van der Waals surface area contributed by atoms with Gasteiger partial charge in [-0.3, -0.25) is 25.5 Å². The lowest BCUT2D eigenvalue weighted by molar-refractivity contribution is -0.582. The summed E-state index contributed by atoms with van der Waals surface area (Å²) in [6, 6.07) is 8.69. The number of halogens is 4. The highest BCUT2D eigenvalue weighted by Crippen LogP contribution is 2.19. The number of ketones is 1. The zero-order chi connectivity index (χ0) is 25.5. The normalized spacial score (nSPS) is 17.6. The minimum Gasteiger partial charge on any atom is -0.542 e. The van der Waals surface area contributed by atoms with E-state index in [4.69, 9.17) is 25.6 Å². The molecule has 0 amide bonds. The van der Waals surface area contributed by atoms with Crippen molar-refractivity contribution in [1.29, 1.82) is 5.26 Å². The first kappa shape index (κ1) is 26.3. The van der Waals surface area contributed by atoms with Crippen LogP contribution < -0.4 is 15.8 Å². The standard InChI is InChI=1S/C19H18FN5O2.C2HF3O2/c1-12-5-13(7-21)8-23-18(12)15(26)6-14-3-2-4-16(24-14)19(10-20)11-27-9-17(22)25-19;3-2(4,5)1(6)7/h2-5,8H,6,9-11H2,1H3,(H2,22,25);(H,6,7). The second-order valence-electron chi connectivity index (χ2n) is 7.26. The van der Waals surface area contributed by atoms with E-state index in [0.29, 0.717) is 28.4 Å². The number of nitrogens with two attached hydrogens (primary N) is 1. The molecule has 0 aliphatic carbocycles. The van der Waals surface area contributed by atoms with Gasteiger partial charge in [0.1, 0.15) is 31.0 Å². The number of carboxylic acid groups (broad SMARTS) is 1. The van der Waals surface area contributed by atoms with Crippen molar-refractivity contribution < 1.29 is 42.0 Å². The van der Waals surface area contributed by atoms with Crippen molar-refractivity contribution in [3.05, 3.63) is 58.7 Å². The van der Waals surface area contributed by atoms with Gasteiger partial charge in [0.25, 0.3) is 5.84 Å². The van der Waals surface area contributed by atoms with E-state index >= 15 is 0 Å². The number of alkyl halides is 4. The Bertz CT molecular complexity index is 1150. The van der Waals surface area contributed by atoms with Crippen LogP contribution in [0.3, 0.4) is 0 Å². The van der Waals surface area contributed by atoms with Crippen molar-refractivity contribution in [2.75, 3.05) is 19.9 Å². The molecular formula is C21H19F4N5O4. The van der Waals surface area contributed by atoms with Crippen molar-refractivity contribution >= 4 is 17.6 Å².